The maximum absolute atomic E-state index is 12.7. The van der Waals surface area contributed by atoms with Crippen LogP contribution in [-0.4, -0.2) is 35.1 Å². The minimum absolute atomic E-state index is 0.302. The van der Waals surface area contributed by atoms with Crippen LogP contribution in [0.4, 0.5) is 5.69 Å². The number of fused-ring (bicyclic) bond motifs is 1. The van der Waals surface area contributed by atoms with Crippen LogP contribution in [-0.2, 0) is 20.9 Å². The number of rotatable bonds is 6. The van der Waals surface area contributed by atoms with E-state index >= 15 is 0 Å². The van der Waals surface area contributed by atoms with Crippen LogP contribution in [0.3, 0.4) is 0 Å². The first-order valence-electron chi connectivity index (χ1n) is 10.3. The van der Waals surface area contributed by atoms with Gasteiger partial charge in [-0.05, 0) is 30.5 Å². The zero-order valence-electron chi connectivity index (χ0n) is 16.9. The lowest BCUT2D eigenvalue weighted by Crippen LogP contribution is -2.38. The van der Waals surface area contributed by atoms with Gasteiger partial charge in [-0.15, -0.1) is 0 Å². The van der Waals surface area contributed by atoms with E-state index in [2.05, 4.69) is 10.6 Å². The number of para-hydroxylation sites is 1. The molecule has 158 valence electrons. The zero-order valence-corrected chi connectivity index (χ0v) is 16.9. The standard InChI is InChI=1S/C24H23N3O4/c28-21(15-27-23(30)17-10-4-5-11-18(17)24(27)31)26-20-13-7-6-12-19(20)22(29)25-14-16-8-2-1-3-9-16/h1-9,12-13,17-18H,10-11,14-15H2,(H,25,29)(H,26,28)/t17-,18+. The molecule has 2 N–H and O–H groups in total. The lowest BCUT2D eigenvalue weighted by atomic mass is 9.85. The Bertz CT molecular complexity index is 1020. The third-order valence-corrected chi connectivity index (χ3v) is 5.64. The fourth-order valence-electron chi connectivity index (χ4n) is 4.02. The molecule has 0 spiro atoms. The molecule has 4 amide bonds. The number of hydrogen-bond donors (Lipinski definition) is 2. The number of amides is 4. The molecular weight excluding hydrogens is 394 g/mol. The Morgan fingerprint density at radius 3 is 2.16 bits per heavy atom. The normalized spacial score (nSPS) is 19.8. The third kappa shape index (κ3) is 4.40. The van der Waals surface area contributed by atoms with Crippen LogP contribution in [0.1, 0.15) is 28.8 Å². The Morgan fingerprint density at radius 2 is 1.48 bits per heavy atom. The third-order valence-electron chi connectivity index (χ3n) is 5.64. The molecule has 31 heavy (non-hydrogen) atoms. The van der Waals surface area contributed by atoms with E-state index in [-0.39, 0.29) is 36.1 Å². The Kier molecular flexibility index (Phi) is 5.93. The molecular formula is C24H23N3O4. The molecule has 1 aliphatic heterocycles. The minimum Gasteiger partial charge on any atom is -0.348 e. The molecule has 1 aliphatic carbocycles. The number of nitrogens with zero attached hydrogens (tertiary/aromatic N) is 1. The second-order valence-electron chi connectivity index (χ2n) is 7.68. The highest BCUT2D eigenvalue weighted by molar-refractivity contribution is 6.10. The van der Waals surface area contributed by atoms with Crippen LogP contribution in [0, 0.1) is 11.8 Å². The second-order valence-corrected chi connectivity index (χ2v) is 7.68. The number of carbonyl (C=O) groups excluding carboxylic acids is 4. The Labute approximate surface area is 180 Å². The van der Waals surface area contributed by atoms with Crippen molar-refractivity contribution in [2.24, 2.45) is 11.8 Å². The highest BCUT2D eigenvalue weighted by atomic mass is 16.2. The molecule has 7 nitrogen and oxygen atoms in total. The molecule has 1 heterocycles. The van der Waals surface area contributed by atoms with Crippen LogP contribution in [0.15, 0.2) is 66.7 Å². The predicted molar refractivity (Wildman–Crippen MR) is 115 cm³/mol. The molecule has 0 saturated carbocycles. The molecule has 0 bridgehead atoms. The molecule has 4 rings (SSSR count). The van der Waals surface area contributed by atoms with E-state index in [1.54, 1.807) is 24.3 Å². The van der Waals surface area contributed by atoms with Crippen molar-refractivity contribution in [1.82, 2.24) is 10.2 Å². The number of benzene rings is 2. The molecule has 2 aliphatic rings. The monoisotopic (exact) mass is 417 g/mol. The van der Waals surface area contributed by atoms with Crippen LogP contribution in [0.2, 0.25) is 0 Å². The summed E-state index contributed by atoms with van der Waals surface area (Å²) in [6.45, 7) is 0.000182. The number of likely N-dealkylation sites (tertiary alicyclic amines) is 1. The van der Waals surface area contributed by atoms with E-state index < -0.39 is 5.91 Å². The first-order chi connectivity index (χ1) is 15.0. The first kappa shape index (κ1) is 20.5. The van der Waals surface area contributed by atoms with Crippen molar-refractivity contribution in [3.63, 3.8) is 0 Å². The molecule has 1 fully saturated rings. The molecule has 0 unspecified atom stereocenters. The van der Waals surface area contributed by atoms with Gasteiger partial charge >= 0.3 is 0 Å². The summed E-state index contributed by atoms with van der Waals surface area (Å²) in [6, 6.07) is 16.1. The quantitative estimate of drug-likeness (QED) is 0.558. The van der Waals surface area contributed by atoms with Gasteiger partial charge in [-0.1, -0.05) is 54.6 Å². The van der Waals surface area contributed by atoms with E-state index in [4.69, 9.17) is 0 Å². The van der Waals surface area contributed by atoms with Gasteiger partial charge in [0.05, 0.1) is 23.1 Å². The van der Waals surface area contributed by atoms with Gasteiger partial charge in [0.2, 0.25) is 17.7 Å². The van der Waals surface area contributed by atoms with Crippen molar-refractivity contribution in [2.45, 2.75) is 19.4 Å². The van der Waals surface area contributed by atoms with Gasteiger partial charge in [-0.2, -0.15) is 0 Å². The van der Waals surface area contributed by atoms with E-state index in [0.717, 1.165) is 10.5 Å². The number of imide groups is 1. The molecule has 1 saturated heterocycles. The van der Waals surface area contributed by atoms with Crippen LogP contribution in [0.5, 0.6) is 0 Å². The average molecular weight is 417 g/mol. The summed E-state index contributed by atoms with van der Waals surface area (Å²) >= 11 is 0. The van der Waals surface area contributed by atoms with Gasteiger partial charge in [0.1, 0.15) is 6.54 Å². The zero-order chi connectivity index (χ0) is 21.8. The maximum Gasteiger partial charge on any atom is 0.253 e. The highest BCUT2D eigenvalue weighted by Gasteiger charge is 2.47. The first-order valence-corrected chi connectivity index (χ1v) is 10.3. The Balaban J connectivity index is 1.40. The van der Waals surface area contributed by atoms with E-state index in [9.17, 15) is 19.2 Å². The number of carbonyl (C=O) groups is 4. The van der Waals surface area contributed by atoms with Crippen molar-refractivity contribution in [1.29, 1.82) is 0 Å². The van der Waals surface area contributed by atoms with Gasteiger partial charge < -0.3 is 10.6 Å². The number of anilines is 1. The molecule has 2 atom stereocenters. The Hall–Kier alpha value is -3.74. The largest absolute Gasteiger partial charge is 0.348 e. The summed E-state index contributed by atoms with van der Waals surface area (Å²) in [5.74, 6) is -2.20. The summed E-state index contributed by atoms with van der Waals surface area (Å²) in [5, 5.41) is 5.51. The average Bonchev–Trinajstić information content (AvgIpc) is 3.03. The highest BCUT2D eigenvalue weighted by Crippen LogP contribution is 2.34. The maximum atomic E-state index is 12.7. The van der Waals surface area contributed by atoms with Crippen molar-refractivity contribution < 1.29 is 19.2 Å². The summed E-state index contributed by atoms with van der Waals surface area (Å²) in [7, 11) is 0. The molecule has 0 aromatic heterocycles. The topological polar surface area (TPSA) is 95.6 Å². The van der Waals surface area contributed by atoms with Crippen LogP contribution in [0.25, 0.3) is 0 Å². The SMILES string of the molecule is O=C(CN1C(=O)[C@H]2CC=CC[C@H]2C1=O)Nc1ccccc1C(=O)NCc1ccccc1. The summed E-state index contributed by atoms with van der Waals surface area (Å²) < 4.78 is 0. The number of hydrogen-bond acceptors (Lipinski definition) is 4. The lowest BCUT2D eigenvalue weighted by molar-refractivity contribution is -0.142. The predicted octanol–water partition coefficient (Wildman–Crippen LogP) is 2.51. The van der Waals surface area contributed by atoms with Crippen LogP contribution < -0.4 is 10.6 Å². The minimum atomic E-state index is -0.517. The molecule has 7 heteroatoms. The van der Waals surface area contributed by atoms with Crippen LogP contribution >= 0.6 is 0 Å². The van der Waals surface area contributed by atoms with Crippen molar-refractivity contribution in [2.75, 3.05) is 11.9 Å². The van der Waals surface area contributed by atoms with Gasteiger partial charge in [0, 0.05) is 6.54 Å². The summed E-state index contributed by atoms with van der Waals surface area (Å²) in [4.78, 5) is 51.4. The lowest BCUT2D eigenvalue weighted by Gasteiger charge is -2.16. The fraction of sp³-hybridized carbons (Fsp3) is 0.250. The fourth-order valence-corrected chi connectivity index (χ4v) is 4.02. The summed E-state index contributed by atoms with van der Waals surface area (Å²) in [6.07, 6.45) is 4.86. The second kappa shape index (κ2) is 8.95. The number of allylic oxidation sites excluding steroid dienone is 2. The van der Waals surface area contributed by atoms with E-state index in [1.165, 1.54) is 0 Å². The van der Waals surface area contributed by atoms with Crippen molar-refractivity contribution in [3.8, 4) is 0 Å². The molecule has 2 aromatic carbocycles. The van der Waals surface area contributed by atoms with Crippen molar-refractivity contribution in [3.05, 3.63) is 77.9 Å². The van der Waals surface area contributed by atoms with Gasteiger partial charge in [0.15, 0.2) is 0 Å². The number of nitrogens with one attached hydrogen (secondary N) is 2. The van der Waals surface area contributed by atoms with E-state index in [0.29, 0.717) is 30.6 Å². The Morgan fingerprint density at radius 1 is 0.871 bits per heavy atom. The van der Waals surface area contributed by atoms with Crippen molar-refractivity contribution >= 4 is 29.3 Å². The van der Waals surface area contributed by atoms with Gasteiger partial charge in [0.25, 0.3) is 5.91 Å². The summed E-state index contributed by atoms with van der Waals surface area (Å²) in [5.41, 5.74) is 1.60. The van der Waals surface area contributed by atoms with Gasteiger partial charge in [-0.25, -0.2) is 0 Å². The molecule has 2 aromatic rings. The van der Waals surface area contributed by atoms with E-state index in [1.807, 2.05) is 42.5 Å². The van der Waals surface area contributed by atoms with Gasteiger partial charge in [-0.3, -0.25) is 24.1 Å². The molecule has 0 radical (unpaired) electrons. The smallest absolute Gasteiger partial charge is 0.253 e.